The van der Waals surface area contributed by atoms with Gasteiger partial charge in [0.2, 0.25) is 0 Å². The van der Waals surface area contributed by atoms with Crippen LogP contribution >= 0.6 is 11.8 Å². The number of benzene rings is 1. The van der Waals surface area contributed by atoms with Crippen LogP contribution in [0.4, 0.5) is 0 Å². The Bertz CT molecular complexity index is 362. The minimum absolute atomic E-state index is 0.308. The van der Waals surface area contributed by atoms with Gasteiger partial charge in [0, 0.05) is 36.8 Å². The maximum absolute atomic E-state index is 6.32. The van der Waals surface area contributed by atoms with Crippen molar-refractivity contribution in [3.05, 3.63) is 35.9 Å². The van der Waals surface area contributed by atoms with E-state index >= 15 is 0 Å². The molecule has 2 fully saturated rings. The van der Waals surface area contributed by atoms with E-state index in [1.807, 2.05) is 0 Å². The number of nitrogens with two attached hydrogens (primary N) is 1. The van der Waals surface area contributed by atoms with E-state index in [4.69, 9.17) is 5.73 Å². The highest BCUT2D eigenvalue weighted by atomic mass is 32.2. The van der Waals surface area contributed by atoms with Gasteiger partial charge in [0.25, 0.3) is 0 Å². The molecule has 0 spiro atoms. The minimum Gasteiger partial charge on any atom is -0.326 e. The lowest BCUT2D eigenvalue weighted by molar-refractivity contribution is 0.258. The zero-order valence-corrected chi connectivity index (χ0v) is 10.9. The summed E-state index contributed by atoms with van der Waals surface area (Å²) >= 11 is 2.08. The van der Waals surface area contributed by atoms with E-state index in [1.54, 1.807) is 0 Å². The van der Waals surface area contributed by atoms with E-state index in [9.17, 15) is 0 Å². The third-order valence-electron chi connectivity index (χ3n) is 4.04. The quantitative estimate of drug-likeness (QED) is 0.867. The van der Waals surface area contributed by atoms with E-state index in [0.717, 1.165) is 19.1 Å². The molecule has 0 amide bonds. The molecule has 0 bridgehead atoms. The fraction of sp³-hybridized carbons (Fsp3) is 0.571. The Morgan fingerprint density at radius 3 is 2.71 bits per heavy atom. The Morgan fingerprint density at radius 2 is 2.00 bits per heavy atom. The molecule has 0 radical (unpaired) electrons. The Balaban J connectivity index is 1.71. The van der Waals surface area contributed by atoms with Crippen LogP contribution in [0.25, 0.3) is 0 Å². The molecule has 3 rings (SSSR count). The highest BCUT2D eigenvalue weighted by Crippen LogP contribution is 2.31. The molecule has 1 unspecified atom stereocenters. The fourth-order valence-electron chi connectivity index (χ4n) is 3.02. The van der Waals surface area contributed by atoms with E-state index in [-0.39, 0.29) is 0 Å². The predicted octanol–water partition coefficient (Wildman–Crippen LogP) is 1.92. The SMILES string of the molecule is N[C@@H]1CN(C2CCSC2)C[C@H]1c1ccccc1. The topological polar surface area (TPSA) is 29.3 Å². The van der Waals surface area contributed by atoms with Crippen molar-refractivity contribution in [3.8, 4) is 0 Å². The number of rotatable bonds is 2. The average Bonchev–Trinajstić information content (AvgIpc) is 2.99. The second-order valence-corrected chi connectivity index (χ2v) is 6.30. The number of nitrogens with zero attached hydrogens (tertiary/aromatic N) is 1. The predicted molar refractivity (Wildman–Crippen MR) is 74.5 cm³/mol. The third-order valence-corrected chi connectivity index (χ3v) is 5.19. The average molecular weight is 248 g/mol. The van der Waals surface area contributed by atoms with E-state index in [1.165, 1.54) is 23.5 Å². The molecule has 17 heavy (non-hydrogen) atoms. The smallest absolute Gasteiger partial charge is 0.0250 e. The van der Waals surface area contributed by atoms with Gasteiger partial charge in [0.05, 0.1) is 0 Å². The second kappa shape index (κ2) is 5.01. The van der Waals surface area contributed by atoms with Gasteiger partial charge in [0.15, 0.2) is 0 Å². The lowest BCUT2D eigenvalue weighted by Gasteiger charge is -2.22. The van der Waals surface area contributed by atoms with Crippen LogP contribution in [-0.4, -0.2) is 41.6 Å². The molecule has 2 aliphatic heterocycles. The van der Waals surface area contributed by atoms with Gasteiger partial charge < -0.3 is 5.73 Å². The first-order chi connectivity index (χ1) is 8.34. The summed E-state index contributed by atoms with van der Waals surface area (Å²) in [6, 6.07) is 11.8. The Kier molecular flexibility index (Phi) is 3.41. The van der Waals surface area contributed by atoms with Gasteiger partial charge in [-0.25, -0.2) is 0 Å². The molecular formula is C14H20N2S. The first-order valence-corrected chi connectivity index (χ1v) is 7.62. The normalized spacial score (nSPS) is 34.3. The fourth-order valence-corrected chi connectivity index (χ4v) is 4.28. The Hall–Kier alpha value is -0.510. The molecule has 3 atom stereocenters. The lowest BCUT2D eigenvalue weighted by Crippen LogP contribution is -2.35. The van der Waals surface area contributed by atoms with Crippen molar-refractivity contribution >= 4 is 11.8 Å². The van der Waals surface area contributed by atoms with Crippen LogP contribution in [0.15, 0.2) is 30.3 Å². The van der Waals surface area contributed by atoms with Gasteiger partial charge in [-0.3, -0.25) is 4.90 Å². The number of hydrogen-bond acceptors (Lipinski definition) is 3. The van der Waals surface area contributed by atoms with Gasteiger partial charge in [0.1, 0.15) is 0 Å². The van der Waals surface area contributed by atoms with Crippen LogP contribution in [0.3, 0.4) is 0 Å². The largest absolute Gasteiger partial charge is 0.326 e. The molecule has 2 N–H and O–H groups in total. The zero-order valence-electron chi connectivity index (χ0n) is 10.1. The van der Waals surface area contributed by atoms with Gasteiger partial charge in [-0.15, -0.1) is 0 Å². The molecule has 92 valence electrons. The van der Waals surface area contributed by atoms with Crippen molar-refractivity contribution in [2.75, 3.05) is 24.6 Å². The summed E-state index contributed by atoms with van der Waals surface area (Å²) < 4.78 is 0. The zero-order chi connectivity index (χ0) is 11.7. The number of hydrogen-bond donors (Lipinski definition) is 1. The van der Waals surface area contributed by atoms with Crippen LogP contribution in [-0.2, 0) is 0 Å². The highest BCUT2D eigenvalue weighted by Gasteiger charge is 2.35. The summed E-state index contributed by atoms with van der Waals surface area (Å²) in [5.41, 5.74) is 7.73. The van der Waals surface area contributed by atoms with Gasteiger partial charge >= 0.3 is 0 Å². The monoisotopic (exact) mass is 248 g/mol. The molecule has 0 aromatic heterocycles. The van der Waals surface area contributed by atoms with E-state index < -0.39 is 0 Å². The number of thioether (sulfide) groups is 1. The van der Waals surface area contributed by atoms with Crippen molar-refractivity contribution in [1.82, 2.24) is 4.90 Å². The molecule has 0 saturated carbocycles. The minimum atomic E-state index is 0.308. The van der Waals surface area contributed by atoms with Crippen LogP contribution < -0.4 is 5.73 Å². The molecule has 2 aliphatic rings. The summed E-state index contributed by atoms with van der Waals surface area (Å²) in [7, 11) is 0. The van der Waals surface area contributed by atoms with E-state index in [0.29, 0.717) is 12.0 Å². The van der Waals surface area contributed by atoms with Crippen LogP contribution in [0.1, 0.15) is 17.9 Å². The summed E-state index contributed by atoms with van der Waals surface area (Å²) in [6.07, 6.45) is 1.35. The molecule has 1 aromatic rings. The number of likely N-dealkylation sites (tertiary alicyclic amines) is 1. The molecule has 0 aliphatic carbocycles. The molecule has 3 heteroatoms. The summed E-state index contributed by atoms with van der Waals surface area (Å²) in [4.78, 5) is 2.61. The molecule has 2 heterocycles. The van der Waals surface area contributed by atoms with E-state index in [2.05, 4.69) is 47.0 Å². The molecule has 2 nitrogen and oxygen atoms in total. The van der Waals surface area contributed by atoms with Gasteiger partial charge in [-0.05, 0) is 17.7 Å². The third kappa shape index (κ3) is 2.37. The first kappa shape index (κ1) is 11.6. The van der Waals surface area contributed by atoms with Crippen molar-refractivity contribution < 1.29 is 0 Å². The maximum atomic E-state index is 6.32. The summed E-state index contributed by atoms with van der Waals surface area (Å²) in [5, 5.41) is 0. The highest BCUT2D eigenvalue weighted by molar-refractivity contribution is 7.99. The van der Waals surface area contributed by atoms with Crippen molar-refractivity contribution in [2.24, 2.45) is 5.73 Å². The van der Waals surface area contributed by atoms with Crippen molar-refractivity contribution in [1.29, 1.82) is 0 Å². The second-order valence-electron chi connectivity index (χ2n) is 5.15. The van der Waals surface area contributed by atoms with Gasteiger partial charge in [-0.1, -0.05) is 30.3 Å². The molecule has 1 aromatic carbocycles. The summed E-state index contributed by atoms with van der Waals surface area (Å²) in [6.45, 7) is 2.22. The Morgan fingerprint density at radius 1 is 1.18 bits per heavy atom. The maximum Gasteiger partial charge on any atom is 0.0250 e. The lowest BCUT2D eigenvalue weighted by atomic mass is 9.95. The van der Waals surface area contributed by atoms with Crippen LogP contribution in [0.5, 0.6) is 0 Å². The Labute approximate surface area is 108 Å². The van der Waals surface area contributed by atoms with Crippen LogP contribution in [0, 0.1) is 0 Å². The summed E-state index contributed by atoms with van der Waals surface area (Å²) in [5.74, 6) is 3.16. The van der Waals surface area contributed by atoms with Crippen LogP contribution in [0.2, 0.25) is 0 Å². The van der Waals surface area contributed by atoms with Gasteiger partial charge in [-0.2, -0.15) is 11.8 Å². The molecular weight excluding hydrogens is 228 g/mol. The standard InChI is InChI=1S/C14H20N2S/c15-14-9-16(12-6-7-17-10-12)8-13(14)11-4-2-1-3-5-11/h1-5,12-14H,6-10,15H2/t12?,13-,14+/m0/s1. The van der Waals surface area contributed by atoms with Crippen molar-refractivity contribution in [3.63, 3.8) is 0 Å². The molecule has 2 saturated heterocycles. The first-order valence-electron chi connectivity index (χ1n) is 6.47. The van der Waals surface area contributed by atoms with Crippen molar-refractivity contribution in [2.45, 2.75) is 24.4 Å².